The van der Waals surface area contributed by atoms with Crippen molar-refractivity contribution >= 4 is 60.7 Å². The summed E-state index contributed by atoms with van der Waals surface area (Å²) in [6.07, 6.45) is 5.42. The second-order valence-electron chi connectivity index (χ2n) is 12.6. The molecule has 0 bridgehead atoms. The minimum atomic E-state index is 0.461. The zero-order valence-corrected chi connectivity index (χ0v) is 25.4. The third-order valence-electron chi connectivity index (χ3n) is 9.95. The van der Waals surface area contributed by atoms with Gasteiger partial charge in [0.1, 0.15) is 11.3 Å². The fraction of sp³-hybridized carbons (Fsp3) is 0.0698. The molecule has 0 radical (unpaired) electrons. The lowest BCUT2D eigenvalue weighted by atomic mass is 9.90. The number of benzene rings is 6. The molecule has 3 heterocycles. The molecule has 0 amide bonds. The molecule has 1 aliphatic rings. The van der Waals surface area contributed by atoms with Gasteiger partial charge in [0.05, 0.1) is 22.1 Å². The van der Waals surface area contributed by atoms with Crippen molar-refractivity contribution in [2.75, 3.05) is 0 Å². The highest BCUT2D eigenvalue weighted by atomic mass is 16.3. The number of rotatable bonds is 3. The molecule has 0 saturated heterocycles. The molecule has 3 aromatic heterocycles. The third kappa shape index (κ3) is 3.54. The number of para-hydroxylation sites is 4. The lowest BCUT2D eigenvalue weighted by Gasteiger charge is -2.12. The predicted molar refractivity (Wildman–Crippen MR) is 192 cm³/mol. The Morgan fingerprint density at radius 2 is 1.13 bits per heavy atom. The Hall–Kier alpha value is -5.80. The van der Waals surface area contributed by atoms with Crippen LogP contribution in [0.2, 0.25) is 0 Å². The molecule has 0 saturated carbocycles. The summed E-state index contributed by atoms with van der Waals surface area (Å²) >= 11 is 0. The Morgan fingerprint density at radius 3 is 1.80 bits per heavy atom. The standard InChI is InChI=1S/C43H30N2O/c1-27-11-9-20-41-42(27)34-17-10-16-31(43(34)46-41)28-21-23-30(24-22-28)45-38-19-8-6-15-33(38)36-25-39-35(26-40(36)45)32-14-5-7-18-37(32)44(39)29-12-3-2-4-13-29/h2-10,12-27H,11H2,1H3. The molecule has 0 fully saturated rings. The first-order valence-corrected chi connectivity index (χ1v) is 16.1. The van der Waals surface area contributed by atoms with Gasteiger partial charge in [-0.2, -0.15) is 0 Å². The van der Waals surface area contributed by atoms with Gasteiger partial charge < -0.3 is 13.6 Å². The third-order valence-corrected chi connectivity index (χ3v) is 9.95. The summed E-state index contributed by atoms with van der Waals surface area (Å²) in [5.41, 5.74) is 11.8. The molecule has 218 valence electrons. The highest BCUT2D eigenvalue weighted by molar-refractivity contribution is 6.19. The fourth-order valence-electron chi connectivity index (χ4n) is 7.87. The van der Waals surface area contributed by atoms with Crippen LogP contribution in [0.15, 0.2) is 144 Å². The Bertz CT molecular complexity index is 2660. The van der Waals surface area contributed by atoms with E-state index in [1.54, 1.807) is 0 Å². The largest absolute Gasteiger partial charge is 0.456 e. The first kappa shape index (κ1) is 25.5. The van der Waals surface area contributed by atoms with Crippen molar-refractivity contribution in [3.05, 3.63) is 151 Å². The van der Waals surface area contributed by atoms with Gasteiger partial charge in [0.15, 0.2) is 0 Å². The van der Waals surface area contributed by atoms with Crippen molar-refractivity contribution in [2.45, 2.75) is 19.3 Å². The summed E-state index contributed by atoms with van der Waals surface area (Å²) < 4.78 is 11.3. The first-order valence-electron chi connectivity index (χ1n) is 16.1. The number of aromatic nitrogens is 2. The van der Waals surface area contributed by atoms with Gasteiger partial charge in [-0.05, 0) is 72.5 Å². The van der Waals surface area contributed by atoms with Gasteiger partial charge in [-0.15, -0.1) is 0 Å². The molecule has 0 N–H and O–H groups in total. The molecule has 1 unspecified atom stereocenters. The topological polar surface area (TPSA) is 23.0 Å². The van der Waals surface area contributed by atoms with E-state index in [9.17, 15) is 0 Å². The summed E-state index contributed by atoms with van der Waals surface area (Å²) in [5.74, 6) is 1.46. The Kier molecular flexibility index (Phi) is 5.32. The lowest BCUT2D eigenvalue weighted by molar-refractivity contribution is 0.587. The smallest absolute Gasteiger partial charge is 0.142 e. The first-order chi connectivity index (χ1) is 22.7. The number of hydrogen-bond acceptors (Lipinski definition) is 1. The maximum absolute atomic E-state index is 6.48. The summed E-state index contributed by atoms with van der Waals surface area (Å²) in [7, 11) is 0. The zero-order chi connectivity index (χ0) is 30.4. The van der Waals surface area contributed by atoms with Gasteiger partial charge in [0, 0.05) is 49.4 Å². The quantitative estimate of drug-likeness (QED) is 0.201. The van der Waals surface area contributed by atoms with E-state index in [-0.39, 0.29) is 0 Å². The van der Waals surface area contributed by atoms with Crippen LogP contribution in [0, 0.1) is 0 Å². The second-order valence-corrected chi connectivity index (χ2v) is 12.6. The van der Waals surface area contributed by atoms with E-state index in [0.29, 0.717) is 5.92 Å². The summed E-state index contributed by atoms with van der Waals surface area (Å²) in [6.45, 7) is 2.29. The zero-order valence-electron chi connectivity index (χ0n) is 25.4. The molecule has 1 aliphatic carbocycles. The number of fused-ring (bicyclic) bond motifs is 9. The van der Waals surface area contributed by atoms with Gasteiger partial charge in [-0.3, -0.25) is 0 Å². The average molecular weight is 591 g/mol. The van der Waals surface area contributed by atoms with Crippen LogP contribution in [0.4, 0.5) is 0 Å². The molecule has 0 aliphatic heterocycles. The van der Waals surface area contributed by atoms with Crippen LogP contribution < -0.4 is 0 Å². The van der Waals surface area contributed by atoms with Crippen molar-refractivity contribution in [1.82, 2.24) is 9.13 Å². The monoisotopic (exact) mass is 590 g/mol. The Morgan fingerprint density at radius 1 is 0.543 bits per heavy atom. The number of furan rings is 1. The minimum absolute atomic E-state index is 0.461. The summed E-state index contributed by atoms with van der Waals surface area (Å²) in [4.78, 5) is 0. The maximum Gasteiger partial charge on any atom is 0.142 e. The van der Waals surface area contributed by atoms with Crippen molar-refractivity contribution in [2.24, 2.45) is 0 Å². The average Bonchev–Trinajstić information content (AvgIpc) is 3.76. The lowest BCUT2D eigenvalue weighted by Crippen LogP contribution is -1.96. The van der Waals surface area contributed by atoms with Crippen LogP contribution in [0.5, 0.6) is 0 Å². The second kappa shape index (κ2) is 9.60. The van der Waals surface area contributed by atoms with Gasteiger partial charge in [-0.25, -0.2) is 0 Å². The number of allylic oxidation sites excluding steroid dienone is 1. The van der Waals surface area contributed by atoms with Crippen molar-refractivity contribution in [1.29, 1.82) is 0 Å². The minimum Gasteiger partial charge on any atom is -0.456 e. The Balaban J connectivity index is 1.19. The van der Waals surface area contributed by atoms with E-state index in [2.05, 4.69) is 162 Å². The Labute approximate surface area is 266 Å². The molecule has 3 nitrogen and oxygen atoms in total. The van der Waals surface area contributed by atoms with E-state index in [1.807, 2.05) is 0 Å². The van der Waals surface area contributed by atoms with E-state index < -0.39 is 0 Å². The summed E-state index contributed by atoms with van der Waals surface area (Å²) in [6, 6.07) is 48.5. The molecular weight excluding hydrogens is 560 g/mol. The van der Waals surface area contributed by atoms with Gasteiger partial charge in [-0.1, -0.05) is 97.9 Å². The van der Waals surface area contributed by atoms with E-state index in [0.717, 1.165) is 34.6 Å². The highest BCUT2D eigenvalue weighted by Gasteiger charge is 2.23. The van der Waals surface area contributed by atoms with Crippen LogP contribution in [0.25, 0.3) is 83.2 Å². The van der Waals surface area contributed by atoms with Crippen LogP contribution in [-0.2, 0) is 0 Å². The normalized spacial score (nSPS) is 14.7. The van der Waals surface area contributed by atoms with Crippen molar-refractivity contribution in [3.63, 3.8) is 0 Å². The molecule has 9 aromatic rings. The number of hydrogen-bond donors (Lipinski definition) is 0. The molecule has 1 atom stereocenters. The van der Waals surface area contributed by atoms with Crippen LogP contribution in [0.1, 0.15) is 30.6 Å². The van der Waals surface area contributed by atoms with E-state index >= 15 is 0 Å². The van der Waals surface area contributed by atoms with Crippen molar-refractivity contribution < 1.29 is 4.42 Å². The molecule has 10 rings (SSSR count). The SMILES string of the molecule is CC1CC=Cc2oc3c(-c4ccc(-n5c6ccccc6c6cc7c(cc65)c5ccccc5n7-c5ccccc5)cc4)cccc3c21. The molecule has 46 heavy (non-hydrogen) atoms. The van der Waals surface area contributed by atoms with E-state index in [4.69, 9.17) is 4.42 Å². The van der Waals surface area contributed by atoms with Gasteiger partial charge >= 0.3 is 0 Å². The van der Waals surface area contributed by atoms with Gasteiger partial charge in [0.2, 0.25) is 0 Å². The molecular formula is C43H30N2O. The van der Waals surface area contributed by atoms with Crippen molar-refractivity contribution in [3.8, 4) is 22.5 Å². The van der Waals surface area contributed by atoms with E-state index in [1.165, 1.54) is 60.2 Å². The van der Waals surface area contributed by atoms with Crippen LogP contribution in [-0.4, -0.2) is 9.13 Å². The molecule has 0 spiro atoms. The highest BCUT2D eigenvalue weighted by Crippen LogP contribution is 2.42. The maximum atomic E-state index is 6.48. The van der Waals surface area contributed by atoms with Crippen LogP contribution >= 0.6 is 0 Å². The number of nitrogens with zero attached hydrogens (tertiary/aromatic N) is 2. The van der Waals surface area contributed by atoms with Crippen LogP contribution in [0.3, 0.4) is 0 Å². The van der Waals surface area contributed by atoms with Gasteiger partial charge in [0.25, 0.3) is 0 Å². The summed E-state index contributed by atoms with van der Waals surface area (Å²) in [5, 5.41) is 6.24. The fourth-order valence-corrected chi connectivity index (χ4v) is 7.87. The molecule has 3 heteroatoms. The predicted octanol–water partition coefficient (Wildman–Crippen LogP) is 11.8. The molecule has 6 aromatic carbocycles.